The van der Waals surface area contributed by atoms with Gasteiger partial charge in [0, 0.05) is 5.41 Å². The molecule has 1 aromatic carbocycles. The molecule has 0 radical (unpaired) electrons. The zero-order valence-corrected chi connectivity index (χ0v) is 13.0. The van der Waals surface area contributed by atoms with Crippen LogP contribution < -0.4 is 0 Å². The fourth-order valence-electron chi connectivity index (χ4n) is 4.50. The van der Waals surface area contributed by atoms with Crippen molar-refractivity contribution >= 4 is 5.97 Å². The molecule has 1 spiro atoms. The van der Waals surface area contributed by atoms with Gasteiger partial charge in [-0.1, -0.05) is 36.8 Å². The Hall–Kier alpha value is -1.35. The molecule has 1 heterocycles. The third kappa shape index (κ3) is 2.56. The van der Waals surface area contributed by atoms with Crippen LogP contribution in [0.25, 0.3) is 0 Å². The van der Waals surface area contributed by atoms with Crippen molar-refractivity contribution in [1.82, 2.24) is 0 Å². The van der Waals surface area contributed by atoms with Gasteiger partial charge >= 0.3 is 5.97 Å². The molecule has 4 rings (SSSR count). The molecule has 3 nitrogen and oxygen atoms in total. The molecule has 2 saturated carbocycles. The van der Waals surface area contributed by atoms with Gasteiger partial charge < -0.3 is 9.47 Å². The van der Waals surface area contributed by atoms with Crippen molar-refractivity contribution in [2.45, 2.75) is 50.5 Å². The Morgan fingerprint density at radius 3 is 2.64 bits per heavy atom. The van der Waals surface area contributed by atoms with E-state index in [-0.39, 0.29) is 18.0 Å². The number of ether oxygens (including phenoxy) is 2. The molecule has 0 N–H and O–H groups in total. The summed E-state index contributed by atoms with van der Waals surface area (Å²) in [5.74, 6) is 0.432. The summed E-state index contributed by atoms with van der Waals surface area (Å²) in [6.45, 7) is 1.72. The predicted octanol–water partition coefficient (Wildman–Crippen LogP) is 3.68. The van der Waals surface area contributed by atoms with E-state index in [0.717, 1.165) is 51.7 Å². The quantitative estimate of drug-likeness (QED) is 0.799. The summed E-state index contributed by atoms with van der Waals surface area (Å²) in [6, 6.07) is 10.4. The summed E-state index contributed by atoms with van der Waals surface area (Å²) >= 11 is 0. The molecule has 3 fully saturated rings. The average Bonchev–Trinajstić information content (AvgIpc) is 3.14. The van der Waals surface area contributed by atoms with Gasteiger partial charge in [0.2, 0.25) is 0 Å². The molecule has 0 bridgehead atoms. The van der Waals surface area contributed by atoms with E-state index < -0.39 is 0 Å². The van der Waals surface area contributed by atoms with E-state index in [1.54, 1.807) is 0 Å². The molecule has 1 saturated heterocycles. The van der Waals surface area contributed by atoms with Crippen molar-refractivity contribution in [2.75, 3.05) is 13.2 Å². The highest BCUT2D eigenvalue weighted by atomic mass is 16.5. The lowest BCUT2D eigenvalue weighted by Crippen LogP contribution is -2.40. The minimum absolute atomic E-state index is 0.0358. The Morgan fingerprint density at radius 1 is 1.14 bits per heavy atom. The molecule has 118 valence electrons. The lowest BCUT2D eigenvalue weighted by Gasteiger charge is -2.37. The van der Waals surface area contributed by atoms with E-state index in [2.05, 4.69) is 24.3 Å². The van der Waals surface area contributed by atoms with Crippen LogP contribution in [0.3, 0.4) is 0 Å². The van der Waals surface area contributed by atoms with Crippen LogP contribution in [-0.4, -0.2) is 25.3 Å². The van der Waals surface area contributed by atoms with E-state index in [9.17, 15) is 4.79 Å². The first-order valence-electron chi connectivity index (χ1n) is 8.59. The SMILES string of the molecule is O=C(OC1CCC2(COC2)C1)C1CCCC1c1ccccc1. The number of carbonyl (C=O) groups excluding carboxylic acids is 1. The smallest absolute Gasteiger partial charge is 0.309 e. The minimum Gasteiger partial charge on any atom is -0.462 e. The Balaban J connectivity index is 1.39. The average molecular weight is 300 g/mol. The third-order valence-corrected chi connectivity index (χ3v) is 5.80. The summed E-state index contributed by atoms with van der Waals surface area (Å²) in [7, 11) is 0. The molecular weight excluding hydrogens is 276 g/mol. The van der Waals surface area contributed by atoms with Gasteiger partial charge in [-0.15, -0.1) is 0 Å². The van der Waals surface area contributed by atoms with Gasteiger partial charge in [0.05, 0.1) is 19.1 Å². The second-order valence-electron chi connectivity index (χ2n) is 7.35. The molecule has 3 heteroatoms. The highest BCUT2D eigenvalue weighted by molar-refractivity contribution is 5.74. The van der Waals surface area contributed by atoms with Gasteiger partial charge in [0.1, 0.15) is 6.10 Å². The van der Waals surface area contributed by atoms with E-state index >= 15 is 0 Å². The Labute approximate surface area is 132 Å². The van der Waals surface area contributed by atoms with Crippen molar-refractivity contribution in [3.8, 4) is 0 Å². The molecule has 2 aliphatic carbocycles. The molecule has 0 amide bonds. The summed E-state index contributed by atoms with van der Waals surface area (Å²) in [4.78, 5) is 12.6. The van der Waals surface area contributed by atoms with Gasteiger partial charge in [-0.3, -0.25) is 4.79 Å². The van der Waals surface area contributed by atoms with Crippen molar-refractivity contribution in [3.63, 3.8) is 0 Å². The van der Waals surface area contributed by atoms with Crippen LogP contribution in [0.5, 0.6) is 0 Å². The van der Waals surface area contributed by atoms with Crippen LogP contribution in [0.15, 0.2) is 30.3 Å². The van der Waals surface area contributed by atoms with Crippen LogP contribution >= 0.6 is 0 Å². The van der Waals surface area contributed by atoms with Crippen molar-refractivity contribution in [1.29, 1.82) is 0 Å². The molecule has 3 unspecified atom stereocenters. The fraction of sp³-hybridized carbons (Fsp3) is 0.632. The summed E-state index contributed by atoms with van der Waals surface area (Å²) in [5, 5.41) is 0. The second kappa shape index (κ2) is 5.69. The highest BCUT2D eigenvalue weighted by Crippen LogP contribution is 2.46. The number of carbonyl (C=O) groups is 1. The maximum absolute atomic E-state index is 12.6. The van der Waals surface area contributed by atoms with E-state index in [0.29, 0.717) is 11.3 Å². The van der Waals surface area contributed by atoms with Gasteiger partial charge in [-0.2, -0.15) is 0 Å². The normalized spacial score (nSPS) is 32.8. The van der Waals surface area contributed by atoms with Gasteiger partial charge in [-0.25, -0.2) is 0 Å². The third-order valence-electron chi connectivity index (χ3n) is 5.80. The Bertz CT molecular complexity index is 535. The van der Waals surface area contributed by atoms with E-state index in [4.69, 9.17) is 9.47 Å². The first-order chi connectivity index (χ1) is 10.8. The fourth-order valence-corrected chi connectivity index (χ4v) is 4.50. The van der Waals surface area contributed by atoms with Crippen molar-refractivity contribution in [2.24, 2.45) is 11.3 Å². The highest BCUT2D eigenvalue weighted by Gasteiger charge is 2.47. The van der Waals surface area contributed by atoms with Crippen LogP contribution in [0.1, 0.15) is 50.0 Å². The van der Waals surface area contributed by atoms with Gasteiger partial charge in [-0.05, 0) is 43.6 Å². The topological polar surface area (TPSA) is 35.5 Å². The zero-order chi connectivity index (χ0) is 15.0. The molecule has 0 aromatic heterocycles. The summed E-state index contributed by atoms with van der Waals surface area (Å²) in [5.41, 5.74) is 1.62. The molecule has 22 heavy (non-hydrogen) atoms. The number of esters is 1. The molecule has 1 aromatic rings. The largest absolute Gasteiger partial charge is 0.462 e. The van der Waals surface area contributed by atoms with Gasteiger partial charge in [0.15, 0.2) is 0 Å². The lowest BCUT2D eigenvalue weighted by atomic mass is 9.84. The number of rotatable bonds is 3. The first kappa shape index (κ1) is 14.3. The molecular formula is C19H24O3. The van der Waals surface area contributed by atoms with E-state index in [1.807, 2.05) is 6.07 Å². The minimum atomic E-state index is 0.0358. The first-order valence-corrected chi connectivity index (χ1v) is 8.59. The summed E-state index contributed by atoms with van der Waals surface area (Å²) in [6.07, 6.45) is 6.48. The monoisotopic (exact) mass is 300 g/mol. The Kier molecular flexibility index (Phi) is 3.69. The maximum Gasteiger partial charge on any atom is 0.309 e. The number of hydrogen-bond donors (Lipinski definition) is 0. The van der Waals surface area contributed by atoms with E-state index in [1.165, 1.54) is 5.56 Å². The standard InChI is InChI=1S/C19H24O3/c20-18(22-15-9-10-19(11-15)12-21-13-19)17-8-4-7-16(17)14-5-2-1-3-6-14/h1-3,5-6,15-17H,4,7-13H2. The number of benzene rings is 1. The van der Waals surface area contributed by atoms with Crippen molar-refractivity contribution in [3.05, 3.63) is 35.9 Å². The van der Waals surface area contributed by atoms with Crippen LogP contribution in [0.2, 0.25) is 0 Å². The van der Waals surface area contributed by atoms with Crippen LogP contribution in [0, 0.1) is 11.3 Å². The zero-order valence-electron chi connectivity index (χ0n) is 13.0. The molecule has 3 aliphatic rings. The van der Waals surface area contributed by atoms with Gasteiger partial charge in [0.25, 0.3) is 0 Å². The molecule has 3 atom stereocenters. The maximum atomic E-state index is 12.6. The van der Waals surface area contributed by atoms with Crippen LogP contribution in [-0.2, 0) is 14.3 Å². The van der Waals surface area contributed by atoms with Crippen LogP contribution in [0.4, 0.5) is 0 Å². The second-order valence-corrected chi connectivity index (χ2v) is 7.35. The lowest BCUT2D eigenvalue weighted by molar-refractivity contribution is -0.157. The summed E-state index contributed by atoms with van der Waals surface area (Å²) < 4.78 is 11.2. The Morgan fingerprint density at radius 2 is 1.95 bits per heavy atom. The van der Waals surface area contributed by atoms with Crippen molar-refractivity contribution < 1.29 is 14.3 Å². The molecule has 1 aliphatic heterocycles. The predicted molar refractivity (Wildman–Crippen MR) is 83.5 cm³/mol. The number of hydrogen-bond acceptors (Lipinski definition) is 3.